The first-order valence-electron chi connectivity index (χ1n) is 8.22. The smallest absolute Gasteiger partial charge is 0.232 e. The number of nitrogens with zero attached hydrogens (tertiary/aromatic N) is 2. The molecule has 0 aliphatic rings. The standard InChI is InChI=1S/C17H18N4O4S2/c1-2-27(23,24)21-13-7-5-12(6-8-13)18-15(22)9-10-16-19-17(20-25-16)14-4-3-11-26-14/h3-8,11,21H,2,9-10H2,1H3,(H,18,22). The molecule has 0 fully saturated rings. The molecule has 2 N–H and O–H groups in total. The number of anilines is 2. The van der Waals surface area contributed by atoms with E-state index in [-0.39, 0.29) is 18.1 Å². The first-order chi connectivity index (χ1) is 12.9. The Labute approximate surface area is 160 Å². The van der Waals surface area contributed by atoms with Crippen molar-refractivity contribution in [3.05, 3.63) is 47.7 Å². The maximum absolute atomic E-state index is 12.1. The highest BCUT2D eigenvalue weighted by atomic mass is 32.2. The number of aryl methyl sites for hydroxylation is 1. The van der Waals surface area contributed by atoms with Gasteiger partial charge < -0.3 is 9.84 Å². The molecule has 0 spiro atoms. The van der Waals surface area contributed by atoms with Crippen LogP contribution in [0.25, 0.3) is 10.7 Å². The first-order valence-corrected chi connectivity index (χ1v) is 10.8. The molecule has 0 radical (unpaired) electrons. The predicted molar refractivity (Wildman–Crippen MR) is 104 cm³/mol. The third-order valence-corrected chi connectivity index (χ3v) is 5.77. The Bertz CT molecular complexity index is 996. The number of amides is 1. The van der Waals surface area contributed by atoms with Crippen molar-refractivity contribution in [2.75, 3.05) is 15.8 Å². The van der Waals surface area contributed by atoms with Crippen molar-refractivity contribution >= 4 is 38.6 Å². The number of hydrogen-bond donors (Lipinski definition) is 2. The van der Waals surface area contributed by atoms with Crippen molar-refractivity contribution in [2.45, 2.75) is 19.8 Å². The molecule has 3 rings (SSSR count). The van der Waals surface area contributed by atoms with Crippen LogP contribution in [0.4, 0.5) is 11.4 Å². The molecule has 0 saturated carbocycles. The highest BCUT2D eigenvalue weighted by molar-refractivity contribution is 7.92. The molecule has 0 unspecified atom stereocenters. The van der Waals surface area contributed by atoms with Gasteiger partial charge in [0.15, 0.2) is 0 Å². The number of thiophene rings is 1. The largest absolute Gasteiger partial charge is 0.339 e. The number of hydrogen-bond acceptors (Lipinski definition) is 7. The molecule has 8 nitrogen and oxygen atoms in total. The summed E-state index contributed by atoms with van der Waals surface area (Å²) in [7, 11) is -3.32. The van der Waals surface area contributed by atoms with Crippen LogP contribution in [0.1, 0.15) is 19.2 Å². The molecular formula is C17H18N4O4S2. The zero-order valence-corrected chi connectivity index (χ0v) is 16.1. The molecule has 10 heteroatoms. The second-order valence-corrected chi connectivity index (χ2v) is 8.58. The maximum atomic E-state index is 12.1. The van der Waals surface area contributed by atoms with Gasteiger partial charge >= 0.3 is 0 Å². The minimum atomic E-state index is -3.32. The van der Waals surface area contributed by atoms with E-state index in [4.69, 9.17) is 4.52 Å². The van der Waals surface area contributed by atoms with E-state index in [1.807, 2.05) is 17.5 Å². The number of carbonyl (C=O) groups excluding carboxylic acids is 1. The minimum absolute atomic E-state index is 0.00461. The van der Waals surface area contributed by atoms with Gasteiger partial charge in [-0.2, -0.15) is 4.98 Å². The van der Waals surface area contributed by atoms with Crippen LogP contribution in [0.3, 0.4) is 0 Å². The van der Waals surface area contributed by atoms with Crippen LogP contribution in [0.15, 0.2) is 46.3 Å². The van der Waals surface area contributed by atoms with E-state index in [9.17, 15) is 13.2 Å². The first kappa shape index (κ1) is 19.1. The molecule has 2 aromatic heterocycles. The lowest BCUT2D eigenvalue weighted by atomic mass is 10.2. The average Bonchev–Trinajstić information content (AvgIpc) is 3.33. The normalized spacial score (nSPS) is 11.3. The van der Waals surface area contributed by atoms with Gasteiger partial charge in [-0.3, -0.25) is 9.52 Å². The van der Waals surface area contributed by atoms with E-state index in [2.05, 4.69) is 20.2 Å². The molecule has 2 heterocycles. The van der Waals surface area contributed by atoms with Crippen LogP contribution < -0.4 is 10.0 Å². The molecule has 1 aromatic carbocycles. The second-order valence-electron chi connectivity index (χ2n) is 5.62. The molecule has 0 bridgehead atoms. The summed E-state index contributed by atoms with van der Waals surface area (Å²) in [6, 6.07) is 10.3. The van der Waals surface area contributed by atoms with Gasteiger partial charge in [0.25, 0.3) is 0 Å². The SMILES string of the molecule is CCS(=O)(=O)Nc1ccc(NC(=O)CCc2nc(-c3cccs3)no2)cc1. The molecule has 0 saturated heterocycles. The highest BCUT2D eigenvalue weighted by Gasteiger charge is 2.12. The van der Waals surface area contributed by atoms with Crippen molar-refractivity contribution in [1.29, 1.82) is 0 Å². The molecule has 0 aliphatic carbocycles. The lowest BCUT2D eigenvalue weighted by Gasteiger charge is -2.08. The van der Waals surface area contributed by atoms with Crippen molar-refractivity contribution < 1.29 is 17.7 Å². The number of carbonyl (C=O) groups is 1. The quantitative estimate of drug-likeness (QED) is 0.594. The second kappa shape index (κ2) is 8.31. The van der Waals surface area contributed by atoms with Gasteiger partial charge in [0, 0.05) is 24.2 Å². The highest BCUT2D eigenvalue weighted by Crippen LogP contribution is 2.21. The summed E-state index contributed by atoms with van der Waals surface area (Å²) in [6.45, 7) is 1.56. The van der Waals surface area contributed by atoms with Gasteiger partial charge in [-0.1, -0.05) is 11.2 Å². The summed E-state index contributed by atoms with van der Waals surface area (Å²) >= 11 is 1.51. The summed E-state index contributed by atoms with van der Waals surface area (Å²) in [5.74, 6) is 0.714. The fourth-order valence-electron chi connectivity index (χ4n) is 2.18. The van der Waals surface area contributed by atoms with Crippen LogP contribution in [0, 0.1) is 0 Å². The van der Waals surface area contributed by atoms with E-state index in [0.717, 1.165) is 4.88 Å². The number of rotatable bonds is 8. The Hall–Kier alpha value is -2.72. The van der Waals surface area contributed by atoms with Crippen LogP contribution in [0.5, 0.6) is 0 Å². The molecule has 27 heavy (non-hydrogen) atoms. The lowest BCUT2D eigenvalue weighted by molar-refractivity contribution is -0.116. The Morgan fingerprint density at radius 2 is 1.93 bits per heavy atom. The lowest BCUT2D eigenvalue weighted by Crippen LogP contribution is -2.15. The summed E-state index contributed by atoms with van der Waals surface area (Å²) < 4.78 is 30.7. The fraction of sp³-hybridized carbons (Fsp3) is 0.235. The third kappa shape index (κ3) is 5.38. The fourth-order valence-corrected chi connectivity index (χ4v) is 3.47. The Balaban J connectivity index is 1.51. The van der Waals surface area contributed by atoms with E-state index in [0.29, 0.717) is 29.5 Å². The van der Waals surface area contributed by atoms with Gasteiger partial charge in [0.05, 0.1) is 10.6 Å². The van der Waals surface area contributed by atoms with Crippen LogP contribution in [-0.2, 0) is 21.2 Å². The summed E-state index contributed by atoms with van der Waals surface area (Å²) in [4.78, 5) is 17.3. The molecule has 142 valence electrons. The number of aromatic nitrogens is 2. The van der Waals surface area contributed by atoms with Crippen molar-refractivity contribution in [3.63, 3.8) is 0 Å². The van der Waals surface area contributed by atoms with Crippen molar-refractivity contribution in [3.8, 4) is 10.7 Å². The Morgan fingerprint density at radius 3 is 2.59 bits per heavy atom. The number of sulfonamides is 1. The van der Waals surface area contributed by atoms with E-state index >= 15 is 0 Å². The van der Waals surface area contributed by atoms with E-state index < -0.39 is 10.0 Å². The van der Waals surface area contributed by atoms with Crippen LogP contribution in [-0.4, -0.2) is 30.2 Å². The third-order valence-electron chi connectivity index (χ3n) is 3.60. The van der Waals surface area contributed by atoms with Crippen LogP contribution in [0.2, 0.25) is 0 Å². The van der Waals surface area contributed by atoms with Gasteiger partial charge in [-0.25, -0.2) is 8.42 Å². The topological polar surface area (TPSA) is 114 Å². The molecule has 0 atom stereocenters. The molecule has 0 aliphatic heterocycles. The van der Waals surface area contributed by atoms with Gasteiger partial charge in [0.2, 0.25) is 27.6 Å². The van der Waals surface area contributed by atoms with E-state index in [1.165, 1.54) is 11.3 Å². The zero-order chi connectivity index (χ0) is 19.3. The maximum Gasteiger partial charge on any atom is 0.232 e. The zero-order valence-electron chi connectivity index (χ0n) is 14.5. The van der Waals surface area contributed by atoms with Gasteiger partial charge in [-0.15, -0.1) is 11.3 Å². The van der Waals surface area contributed by atoms with Crippen molar-refractivity contribution in [1.82, 2.24) is 10.1 Å². The predicted octanol–water partition coefficient (Wildman–Crippen LogP) is 3.13. The van der Waals surface area contributed by atoms with Crippen LogP contribution >= 0.6 is 11.3 Å². The molecule has 3 aromatic rings. The summed E-state index contributed by atoms with van der Waals surface area (Å²) in [5, 5.41) is 8.58. The molecular weight excluding hydrogens is 388 g/mol. The number of benzene rings is 1. The monoisotopic (exact) mass is 406 g/mol. The van der Waals surface area contributed by atoms with E-state index in [1.54, 1.807) is 31.2 Å². The summed E-state index contributed by atoms with van der Waals surface area (Å²) in [6.07, 6.45) is 0.523. The summed E-state index contributed by atoms with van der Waals surface area (Å²) in [5.41, 5.74) is 1.02. The number of nitrogens with one attached hydrogen (secondary N) is 2. The molecule has 1 amide bonds. The van der Waals surface area contributed by atoms with Gasteiger partial charge in [0.1, 0.15) is 0 Å². The Morgan fingerprint density at radius 1 is 1.19 bits per heavy atom. The average molecular weight is 406 g/mol. The van der Waals surface area contributed by atoms with Gasteiger partial charge in [-0.05, 0) is 42.6 Å². The Kier molecular flexibility index (Phi) is 5.87. The minimum Gasteiger partial charge on any atom is -0.339 e. The van der Waals surface area contributed by atoms with Crippen molar-refractivity contribution in [2.24, 2.45) is 0 Å².